The lowest BCUT2D eigenvalue weighted by Crippen LogP contribution is -2.62. The van der Waals surface area contributed by atoms with Gasteiger partial charge in [0.15, 0.2) is 30.4 Å². The van der Waals surface area contributed by atoms with E-state index in [1.807, 2.05) is 0 Å². The van der Waals surface area contributed by atoms with Gasteiger partial charge < -0.3 is 37.9 Å². The van der Waals surface area contributed by atoms with Crippen molar-refractivity contribution < 1.29 is 86.5 Å². The van der Waals surface area contributed by atoms with Crippen molar-refractivity contribution in [3.05, 3.63) is 68.5 Å². The molecule has 56 heavy (non-hydrogen) atoms. The summed E-state index contributed by atoms with van der Waals surface area (Å²) in [4.78, 5) is 108. The number of hydrogen-bond donors (Lipinski definition) is 1. The molecule has 1 N–H and O–H groups in total. The maximum atomic E-state index is 12.3. The van der Waals surface area contributed by atoms with Crippen LogP contribution in [0.15, 0.2) is 21.7 Å². The molecule has 0 saturated carbocycles. The lowest BCUT2D eigenvalue weighted by atomic mass is 9.98. The number of hydrazone groups is 1. The second-order valence-corrected chi connectivity index (χ2v) is 10.8. The van der Waals surface area contributed by atoms with Gasteiger partial charge in [0.2, 0.25) is 26.2 Å². The summed E-state index contributed by atoms with van der Waals surface area (Å²) >= 11 is 0. The van der Waals surface area contributed by atoms with E-state index in [1.54, 1.807) is 0 Å². The first-order chi connectivity index (χ1) is 26.4. The molecule has 30 nitrogen and oxygen atoms in total. The van der Waals surface area contributed by atoms with E-state index in [1.165, 1.54) is 18.3 Å². The van der Waals surface area contributed by atoms with Gasteiger partial charge in [-0.25, -0.2) is 4.79 Å². The van der Waals surface area contributed by atoms with Crippen molar-refractivity contribution in [2.45, 2.75) is 56.4 Å². The molecule has 2 aliphatic rings. The van der Waals surface area contributed by atoms with Gasteiger partial charge in [0.05, 0.1) is 18.8 Å². The highest BCUT2D eigenvalue weighted by molar-refractivity contribution is 5.78. The Balaban J connectivity index is 0.000000556. The molecular formula is C26H31N7O23. The quantitative estimate of drug-likeness (QED) is 0.0521. The molecule has 2 saturated heterocycles. The van der Waals surface area contributed by atoms with E-state index < -0.39 is 144 Å². The van der Waals surface area contributed by atoms with Crippen LogP contribution in [0.4, 0.5) is 10.7 Å². The van der Waals surface area contributed by atoms with Crippen molar-refractivity contribution >= 4 is 42.1 Å². The smallest absolute Gasteiger partial charge is 0.433 e. The van der Waals surface area contributed by atoms with E-state index in [2.05, 4.69) is 9.84 Å². The van der Waals surface area contributed by atoms with Gasteiger partial charge in [-0.15, -0.1) is 0 Å². The Morgan fingerprint density at radius 3 is 1.70 bits per heavy atom. The molecule has 0 radical (unpaired) electrons. The minimum atomic E-state index is -2.22. The fourth-order valence-corrected chi connectivity index (χ4v) is 4.17. The third-order valence-corrected chi connectivity index (χ3v) is 6.67. The molecule has 5 unspecified atom stereocenters. The highest BCUT2D eigenvalue weighted by Crippen LogP contribution is 2.29. The monoisotopic (exact) mass is 809 g/mol. The van der Waals surface area contributed by atoms with E-state index in [4.69, 9.17) is 28.1 Å². The highest BCUT2D eigenvalue weighted by Gasteiger charge is 2.52. The second kappa shape index (κ2) is 22.3. The van der Waals surface area contributed by atoms with Crippen molar-refractivity contribution in [1.29, 1.82) is 0 Å². The van der Waals surface area contributed by atoms with Gasteiger partial charge in [-0.2, -0.15) is 10.1 Å². The highest BCUT2D eigenvalue weighted by atomic mass is 16.7. The molecule has 308 valence electrons. The topological polar surface area (TPSA) is 405 Å². The molecule has 3 rings (SSSR count). The molecule has 2 aliphatic heterocycles. The Labute approximate surface area is 309 Å². The number of ether oxygens (including phenoxy) is 6. The lowest BCUT2D eigenvalue weighted by molar-refractivity contribution is -0.479. The van der Waals surface area contributed by atoms with Crippen molar-refractivity contribution in [1.82, 2.24) is 5.01 Å². The first-order valence-corrected chi connectivity index (χ1v) is 15.6. The molecule has 3 heterocycles. The number of nitrogens with zero attached hydrogens (tertiary/aromatic N) is 7. The number of carbonyl (C=O) groups is 5. The van der Waals surface area contributed by atoms with Crippen LogP contribution in [0.5, 0.6) is 0 Å². The summed E-state index contributed by atoms with van der Waals surface area (Å²) in [7, 11) is 0. The fourth-order valence-electron chi connectivity index (χ4n) is 4.17. The van der Waals surface area contributed by atoms with Crippen LogP contribution < -0.4 is 0 Å². The minimum absolute atomic E-state index is 0.200. The number of hydrogen-bond acceptors (Lipinski definition) is 24. The molecule has 2 fully saturated rings. The van der Waals surface area contributed by atoms with Gasteiger partial charge in [-0.3, -0.25) is 69.7 Å². The number of carbonyl (C=O) groups excluding carboxylic acids is 5. The number of rotatable bonds is 20. The molecule has 1 amide bonds. The molecule has 0 aliphatic carbocycles. The van der Waals surface area contributed by atoms with Crippen molar-refractivity contribution in [3.8, 4) is 0 Å². The summed E-state index contributed by atoms with van der Waals surface area (Å²) in [6.45, 7) is -3.81. The number of amides is 1. The number of cyclic esters (lactones) is 1. The van der Waals surface area contributed by atoms with Crippen LogP contribution in [0.1, 0.15) is 31.4 Å². The number of aliphatic hydroxyl groups excluding tert-OH is 1. The van der Waals surface area contributed by atoms with Crippen LogP contribution in [0.3, 0.4) is 0 Å². The van der Waals surface area contributed by atoms with Gasteiger partial charge in [-0.05, 0) is 6.07 Å². The van der Waals surface area contributed by atoms with Crippen molar-refractivity contribution in [2.75, 3.05) is 45.9 Å². The van der Waals surface area contributed by atoms with E-state index in [0.717, 1.165) is 5.01 Å². The molecule has 1 aromatic rings. The van der Waals surface area contributed by atoms with Crippen molar-refractivity contribution in [3.63, 3.8) is 0 Å². The van der Waals surface area contributed by atoms with E-state index in [-0.39, 0.29) is 18.3 Å². The van der Waals surface area contributed by atoms with Crippen LogP contribution in [0, 0.1) is 50.6 Å². The maximum Gasteiger partial charge on any atom is 0.433 e. The van der Waals surface area contributed by atoms with Crippen LogP contribution in [-0.4, -0.2) is 148 Å². The average molecular weight is 810 g/mol. The summed E-state index contributed by atoms with van der Waals surface area (Å²) in [5, 5.41) is 67.9. The molecular weight excluding hydrogens is 778 g/mol. The Kier molecular flexibility index (Phi) is 18.0. The third kappa shape index (κ3) is 16.4. The predicted molar refractivity (Wildman–Crippen MR) is 168 cm³/mol. The summed E-state index contributed by atoms with van der Waals surface area (Å²) in [6, 6.07) is 2.60. The first-order valence-electron chi connectivity index (χ1n) is 15.6. The number of esters is 4. The van der Waals surface area contributed by atoms with Gasteiger partial charge in [-0.1, -0.05) is 0 Å². The maximum absolute atomic E-state index is 12.3. The molecule has 5 atom stereocenters. The van der Waals surface area contributed by atoms with E-state index >= 15 is 0 Å². The molecule has 30 heteroatoms. The van der Waals surface area contributed by atoms with Gasteiger partial charge in [0.25, 0.3) is 0 Å². The van der Waals surface area contributed by atoms with Gasteiger partial charge in [0, 0.05) is 19.7 Å². The van der Waals surface area contributed by atoms with Crippen LogP contribution in [0.25, 0.3) is 0 Å². The van der Waals surface area contributed by atoms with Crippen LogP contribution in [-0.2, 0) is 47.6 Å². The Bertz CT molecular complexity index is 1660. The standard InChI is InChI=1S/C18H24N4O18.C8H7N3O5/c23-11(1-5-19(28)29)36-9-10-15(38-12(24)2-6-20(30)31)16(39-13(25)3-7-21(32)33)17(18(27)37-10)40-14(26)4-8-22(34)35;12-8-10(3-4-15-8)9-5-6-1-2-7(16-6)11(13)14/h10,15-18,27H,1-9H2;1-2,5H,3-4H2. The largest absolute Gasteiger partial charge is 0.463 e. The molecule has 0 aromatic carbocycles. The molecule has 0 spiro atoms. The van der Waals surface area contributed by atoms with Crippen LogP contribution in [0.2, 0.25) is 0 Å². The SMILES string of the molecule is O=C(CC[N+](=O)[O-])OCC1OC(O)C(OC(=O)CC[N+](=O)[O-])C(OC(=O)CC[N+](=O)[O-])C1OC(=O)CC[N+](=O)[O-].O=C1OCCN1N=Cc1ccc([N+](=O)[O-])o1. The minimum Gasteiger partial charge on any atom is -0.463 e. The lowest BCUT2D eigenvalue weighted by Gasteiger charge is -2.42. The normalized spacial score (nSPS) is 20.1. The zero-order chi connectivity index (χ0) is 41.9. The number of furan rings is 1. The van der Waals surface area contributed by atoms with Crippen LogP contribution >= 0.6 is 0 Å². The zero-order valence-electron chi connectivity index (χ0n) is 28.5. The van der Waals surface area contributed by atoms with Gasteiger partial charge in [0.1, 0.15) is 49.9 Å². The molecule has 0 bridgehead atoms. The Hall–Kier alpha value is -6.98. The van der Waals surface area contributed by atoms with Gasteiger partial charge >= 0.3 is 35.9 Å². The third-order valence-electron chi connectivity index (χ3n) is 6.67. The predicted octanol–water partition coefficient (Wildman–Crippen LogP) is -1.38. The summed E-state index contributed by atoms with van der Waals surface area (Å²) < 4.78 is 34.5. The first kappa shape index (κ1) is 45.2. The molecule has 1 aromatic heterocycles. The van der Waals surface area contributed by atoms with Crippen molar-refractivity contribution in [2.24, 2.45) is 5.10 Å². The average Bonchev–Trinajstić information content (AvgIpc) is 3.78. The fraction of sp³-hybridized carbons (Fsp3) is 0.615. The van der Waals surface area contributed by atoms with E-state index in [0.29, 0.717) is 6.54 Å². The Morgan fingerprint density at radius 2 is 1.25 bits per heavy atom. The number of nitro groups is 5. The van der Waals surface area contributed by atoms with E-state index in [9.17, 15) is 79.7 Å². The summed E-state index contributed by atoms with van der Waals surface area (Å²) in [5.74, 6) is -5.23. The summed E-state index contributed by atoms with van der Waals surface area (Å²) in [5.41, 5.74) is 0. The zero-order valence-corrected chi connectivity index (χ0v) is 28.5. The number of aliphatic hydroxyl groups is 1. The second-order valence-electron chi connectivity index (χ2n) is 10.8. The Morgan fingerprint density at radius 1 is 0.768 bits per heavy atom. The summed E-state index contributed by atoms with van der Waals surface area (Å²) in [6.07, 6.45) is -12.5.